The molecule has 0 bridgehead atoms. The lowest BCUT2D eigenvalue weighted by atomic mass is 9.79. The van der Waals surface area contributed by atoms with E-state index in [1.165, 1.54) is 0 Å². The maximum atomic E-state index is 13.0. The predicted molar refractivity (Wildman–Crippen MR) is 79.3 cm³/mol. The third-order valence-electron chi connectivity index (χ3n) is 5.89. The molecule has 2 fully saturated rings. The smallest absolute Gasteiger partial charge is 0.177 e. The molecule has 0 aromatic rings. The molecule has 2 unspecified atom stereocenters. The van der Waals surface area contributed by atoms with E-state index in [1.807, 2.05) is 13.8 Å². The Morgan fingerprint density at radius 3 is 1.65 bits per heavy atom. The van der Waals surface area contributed by atoms with Crippen molar-refractivity contribution in [1.82, 2.24) is 0 Å². The number of ketones is 2. The van der Waals surface area contributed by atoms with Crippen molar-refractivity contribution < 1.29 is 9.59 Å². The van der Waals surface area contributed by atoms with Gasteiger partial charge in [-0.25, -0.2) is 0 Å². The van der Waals surface area contributed by atoms with Crippen molar-refractivity contribution in [1.29, 1.82) is 0 Å². The minimum absolute atomic E-state index is 0.154. The van der Waals surface area contributed by atoms with Crippen LogP contribution in [0.15, 0.2) is 22.3 Å². The van der Waals surface area contributed by atoms with E-state index in [9.17, 15) is 9.59 Å². The summed E-state index contributed by atoms with van der Waals surface area (Å²) in [6, 6.07) is 0. The lowest BCUT2D eigenvalue weighted by Crippen LogP contribution is -2.31. The normalized spacial score (nSPS) is 32.0. The van der Waals surface area contributed by atoms with E-state index >= 15 is 0 Å². The highest BCUT2D eigenvalue weighted by atomic mass is 16.2. The Kier molecular flexibility index (Phi) is 3.04. The van der Waals surface area contributed by atoms with Gasteiger partial charge in [0.1, 0.15) is 0 Å². The number of Topliss-reactive ketones (excluding diaryl/α,β-unsaturated/α-hetero) is 2. The standard InChI is InChI=1S/C18H24O2/c1-5-12-8-18(9-13(12)6-2)16(19)14-10(3)7-11(4)15(14)17(18)20/h12-13H,5-9H2,1-4H3. The van der Waals surface area contributed by atoms with Gasteiger partial charge < -0.3 is 0 Å². The molecule has 2 saturated carbocycles. The largest absolute Gasteiger partial charge is 0.293 e. The van der Waals surface area contributed by atoms with E-state index in [-0.39, 0.29) is 11.6 Å². The highest BCUT2D eigenvalue weighted by Gasteiger charge is 2.61. The fraction of sp³-hybridized carbons (Fsp3) is 0.667. The fourth-order valence-electron chi connectivity index (χ4n) is 4.84. The first kappa shape index (κ1) is 13.8. The number of hydrogen-bond donors (Lipinski definition) is 0. The Morgan fingerprint density at radius 1 is 0.900 bits per heavy atom. The molecule has 3 aliphatic rings. The minimum atomic E-state index is -0.686. The molecule has 2 heteroatoms. The summed E-state index contributed by atoms with van der Waals surface area (Å²) in [6.07, 6.45) is 4.54. The van der Waals surface area contributed by atoms with E-state index in [0.29, 0.717) is 11.8 Å². The zero-order valence-corrected chi connectivity index (χ0v) is 13.0. The van der Waals surface area contributed by atoms with Gasteiger partial charge in [0, 0.05) is 11.1 Å². The monoisotopic (exact) mass is 272 g/mol. The van der Waals surface area contributed by atoms with Gasteiger partial charge >= 0.3 is 0 Å². The molecule has 0 aromatic heterocycles. The summed E-state index contributed by atoms with van der Waals surface area (Å²) in [4.78, 5) is 26.0. The quantitative estimate of drug-likeness (QED) is 0.712. The van der Waals surface area contributed by atoms with E-state index in [4.69, 9.17) is 0 Å². The zero-order valence-electron chi connectivity index (χ0n) is 13.0. The maximum absolute atomic E-state index is 13.0. The molecule has 20 heavy (non-hydrogen) atoms. The van der Waals surface area contributed by atoms with E-state index < -0.39 is 5.41 Å². The van der Waals surface area contributed by atoms with Gasteiger partial charge in [-0.15, -0.1) is 0 Å². The average Bonchev–Trinajstić information content (AvgIpc) is 3.01. The van der Waals surface area contributed by atoms with Gasteiger partial charge in [0.2, 0.25) is 0 Å². The van der Waals surface area contributed by atoms with Crippen molar-refractivity contribution in [2.45, 2.75) is 59.8 Å². The molecular weight excluding hydrogens is 248 g/mol. The van der Waals surface area contributed by atoms with Gasteiger partial charge in [-0.1, -0.05) is 37.8 Å². The Balaban J connectivity index is 2.08. The van der Waals surface area contributed by atoms with Gasteiger partial charge in [0.05, 0.1) is 5.41 Å². The molecule has 0 heterocycles. The summed E-state index contributed by atoms with van der Waals surface area (Å²) >= 11 is 0. The number of carbonyl (C=O) groups is 2. The second-order valence-corrected chi connectivity index (χ2v) is 6.97. The number of fused-ring (bicyclic) bond motifs is 1. The van der Waals surface area contributed by atoms with Crippen molar-refractivity contribution in [2.75, 3.05) is 0 Å². The first-order chi connectivity index (χ1) is 9.46. The van der Waals surface area contributed by atoms with Gasteiger partial charge in [0.25, 0.3) is 0 Å². The lowest BCUT2D eigenvalue weighted by Gasteiger charge is -2.19. The molecule has 0 amide bonds. The van der Waals surface area contributed by atoms with Crippen molar-refractivity contribution >= 4 is 11.6 Å². The van der Waals surface area contributed by atoms with Gasteiger partial charge in [-0.2, -0.15) is 0 Å². The van der Waals surface area contributed by atoms with Crippen LogP contribution >= 0.6 is 0 Å². The molecule has 0 aliphatic heterocycles. The first-order valence-electron chi connectivity index (χ1n) is 7.95. The van der Waals surface area contributed by atoms with Crippen molar-refractivity contribution in [2.24, 2.45) is 17.3 Å². The molecule has 2 atom stereocenters. The van der Waals surface area contributed by atoms with Crippen molar-refractivity contribution in [3.05, 3.63) is 22.3 Å². The second kappa shape index (κ2) is 4.41. The van der Waals surface area contributed by atoms with Crippen molar-refractivity contribution in [3.8, 4) is 0 Å². The number of carbonyl (C=O) groups excluding carboxylic acids is 2. The third kappa shape index (κ3) is 1.51. The molecule has 1 spiro atoms. The van der Waals surface area contributed by atoms with Crippen molar-refractivity contribution in [3.63, 3.8) is 0 Å². The van der Waals surface area contributed by atoms with Crippen LogP contribution in [0.1, 0.15) is 59.8 Å². The highest BCUT2D eigenvalue weighted by molar-refractivity contribution is 6.33. The molecule has 108 valence electrons. The molecule has 0 saturated heterocycles. The van der Waals surface area contributed by atoms with E-state index in [0.717, 1.165) is 54.4 Å². The van der Waals surface area contributed by atoms with Crippen LogP contribution in [0.5, 0.6) is 0 Å². The maximum Gasteiger partial charge on any atom is 0.177 e. The van der Waals surface area contributed by atoms with Crippen LogP contribution in [-0.4, -0.2) is 11.6 Å². The summed E-state index contributed by atoms with van der Waals surface area (Å²) in [5.41, 5.74) is 3.12. The second-order valence-electron chi connectivity index (χ2n) is 6.97. The molecule has 3 aliphatic carbocycles. The first-order valence-corrected chi connectivity index (χ1v) is 7.95. The van der Waals surface area contributed by atoms with Crippen LogP contribution in [0.2, 0.25) is 0 Å². The molecular formula is C18H24O2. The molecule has 2 nitrogen and oxygen atoms in total. The van der Waals surface area contributed by atoms with Crippen LogP contribution in [-0.2, 0) is 9.59 Å². The molecule has 0 aromatic carbocycles. The lowest BCUT2D eigenvalue weighted by molar-refractivity contribution is -0.133. The predicted octanol–water partition coefficient (Wildman–Crippen LogP) is 4.01. The Labute approximate surface area is 121 Å². The Bertz CT molecular complexity index is 512. The average molecular weight is 272 g/mol. The molecule has 0 N–H and O–H groups in total. The zero-order chi connectivity index (χ0) is 14.7. The van der Waals surface area contributed by atoms with Crippen LogP contribution in [0.25, 0.3) is 0 Å². The fourth-order valence-corrected chi connectivity index (χ4v) is 4.84. The summed E-state index contributed by atoms with van der Waals surface area (Å²) in [7, 11) is 0. The highest BCUT2D eigenvalue weighted by Crippen LogP contribution is 2.58. The summed E-state index contributed by atoms with van der Waals surface area (Å²) < 4.78 is 0. The van der Waals surface area contributed by atoms with Crippen LogP contribution < -0.4 is 0 Å². The summed E-state index contributed by atoms with van der Waals surface area (Å²) in [5.74, 6) is 1.38. The Hall–Kier alpha value is -1.18. The van der Waals surface area contributed by atoms with E-state index in [1.54, 1.807) is 0 Å². The van der Waals surface area contributed by atoms with Crippen LogP contribution in [0.3, 0.4) is 0 Å². The minimum Gasteiger partial charge on any atom is -0.293 e. The molecule has 3 rings (SSSR count). The number of allylic oxidation sites excluding steroid dienone is 4. The topological polar surface area (TPSA) is 34.1 Å². The Morgan fingerprint density at radius 2 is 1.30 bits per heavy atom. The number of hydrogen-bond acceptors (Lipinski definition) is 2. The summed E-state index contributed by atoms with van der Waals surface area (Å²) in [6.45, 7) is 8.40. The SMILES string of the molecule is CCC1CC2(CC1CC)C(=O)C1=C(C)CC(C)=C1C2=O. The summed E-state index contributed by atoms with van der Waals surface area (Å²) in [5, 5.41) is 0. The third-order valence-corrected chi connectivity index (χ3v) is 5.89. The van der Waals surface area contributed by atoms with Crippen LogP contribution in [0.4, 0.5) is 0 Å². The van der Waals surface area contributed by atoms with Gasteiger partial charge in [-0.3, -0.25) is 9.59 Å². The van der Waals surface area contributed by atoms with Crippen LogP contribution in [0, 0.1) is 17.3 Å². The number of rotatable bonds is 2. The van der Waals surface area contributed by atoms with Gasteiger partial charge in [-0.05, 0) is 44.9 Å². The van der Waals surface area contributed by atoms with Gasteiger partial charge in [0.15, 0.2) is 11.6 Å². The van der Waals surface area contributed by atoms with E-state index in [2.05, 4.69) is 13.8 Å². The molecule has 0 radical (unpaired) electrons.